The summed E-state index contributed by atoms with van der Waals surface area (Å²) in [6.07, 6.45) is -0.598. The van der Waals surface area contributed by atoms with Gasteiger partial charge in [-0.15, -0.1) is 11.3 Å². The van der Waals surface area contributed by atoms with E-state index in [1.165, 1.54) is 11.3 Å². The van der Waals surface area contributed by atoms with Gasteiger partial charge in [-0.1, -0.05) is 30.3 Å². The summed E-state index contributed by atoms with van der Waals surface area (Å²) < 4.78 is 10.5. The number of carbonyl (C=O) groups excluding carboxylic acids is 2. The highest BCUT2D eigenvalue weighted by atomic mass is 32.1. The van der Waals surface area contributed by atoms with E-state index in [0.717, 1.165) is 16.0 Å². The number of hydrogen-bond acceptors (Lipinski definition) is 5. The summed E-state index contributed by atoms with van der Waals surface area (Å²) in [5, 5.41) is 3.13. The Bertz CT molecular complexity index is 760. The highest BCUT2D eigenvalue weighted by Gasteiger charge is 2.25. The van der Waals surface area contributed by atoms with Gasteiger partial charge < -0.3 is 9.47 Å². The number of hydrogen-bond donors (Lipinski definition) is 1. The number of carbonyl (C=O) groups is 2. The summed E-state index contributed by atoms with van der Waals surface area (Å²) in [4.78, 5) is 25.4. The molecule has 0 saturated heterocycles. The summed E-state index contributed by atoms with van der Waals surface area (Å²) in [5.74, 6) is -0.454. The van der Waals surface area contributed by atoms with Gasteiger partial charge in [0.05, 0.1) is 12.2 Å². The van der Waals surface area contributed by atoms with E-state index in [-0.39, 0.29) is 6.61 Å². The van der Waals surface area contributed by atoms with Gasteiger partial charge in [-0.2, -0.15) is 0 Å². The predicted molar refractivity (Wildman–Crippen MR) is 100 cm³/mol. The molecule has 1 aromatic carbocycles. The van der Waals surface area contributed by atoms with Gasteiger partial charge in [0.25, 0.3) is 0 Å². The fraction of sp³-hybridized carbons (Fsp3) is 0.368. The summed E-state index contributed by atoms with van der Waals surface area (Å²) >= 11 is 1.33. The van der Waals surface area contributed by atoms with Gasteiger partial charge >= 0.3 is 12.1 Å². The Labute approximate surface area is 152 Å². The lowest BCUT2D eigenvalue weighted by Crippen LogP contribution is -2.27. The van der Waals surface area contributed by atoms with Crippen molar-refractivity contribution in [2.24, 2.45) is 0 Å². The van der Waals surface area contributed by atoms with E-state index in [0.29, 0.717) is 10.6 Å². The van der Waals surface area contributed by atoms with Gasteiger partial charge in [0.15, 0.2) is 0 Å². The van der Waals surface area contributed by atoms with Crippen LogP contribution in [-0.4, -0.2) is 24.3 Å². The number of benzene rings is 1. The van der Waals surface area contributed by atoms with Crippen molar-refractivity contribution in [3.05, 3.63) is 41.5 Å². The zero-order valence-electron chi connectivity index (χ0n) is 15.1. The van der Waals surface area contributed by atoms with Crippen LogP contribution in [0, 0.1) is 6.92 Å². The molecule has 0 unspecified atom stereocenters. The smallest absolute Gasteiger partial charge is 0.412 e. The second kappa shape index (κ2) is 7.70. The molecule has 25 heavy (non-hydrogen) atoms. The van der Waals surface area contributed by atoms with E-state index in [1.807, 2.05) is 37.3 Å². The topological polar surface area (TPSA) is 64.6 Å². The van der Waals surface area contributed by atoms with Crippen LogP contribution in [-0.2, 0) is 9.47 Å². The Kier molecular flexibility index (Phi) is 5.85. The van der Waals surface area contributed by atoms with E-state index in [9.17, 15) is 9.59 Å². The molecule has 0 aliphatic carbocycles. The monoisotopic (exact) mass is 361 g/mol. The number of amides is 1. The minimum absolute atomic E-state index is 0.265. The molecule has 0 atom stereocenters. The Balaban J connectivity index is 2.43. The van der Waals surface area contributed by atoms with E-state index in [2.05, 4.69) is 5.32 Å². The van der Waals surface area contributed by atoms with Crippen LogP contribution < -0.4 is 5.32 Å². The zero-order valence-corrected chi connectivity index (χ0v) is 16.0. The Morgan fingerprint density at radius 1 is 1.16 bits per heavy atom. The molecular formula is C19H23NO4S. The number of thiophene rings is 1. The molecule has 0 radical (unpaired) electrons. The largest absolute Gasteiger partial charge is 0.462 e. The van der Waals surface area contributed by atoms with Gasteiger partial charge in [0.2, 0.25) is 0 Å². The molecule has 1 aromatic heterocycles. The van der Waals surface area contributed by atoms with E-state index in [4.69, 9.17) is 9.47 Å². The van der Waals surface area contributed by atoms with Gasteiger partial charge in [-0.05, 0) is 45.7 Å². The number of rotatable bonds is 4. The molecule has 0 aliphatic rings. The van der Waals surface area contributed by atoms with Crippen LogP contribution in [0.2, 0.25) is 0 Å². The Morgan fingerprint density at radius 2 is 1.80 bits per heavy atom. The SMILES string of the molecule is CCOC(=O)c1c(NC(=O)OC(C)(C)C)sc(-c2ccccc2)c1C. The molecule has 0 aliphatic heterocycles. The third kappa shape index (κ3) is 4.82. The van der Waals surface area contributed by atoms with Crippen LogP contribution in [0.15, 0.2) is 30.3 Å². The number of anilines is 1. The predicted octanol–water partition coefficient (Wildman–Crippen LogP) is 5.25. The van der Waals surface area contributed by atoms with Gasteiger partial charge in [-0.25, -0.2) is 9.59 Å². The second-order valence-electron chi connectivity index (χ2n) is 6.47. The summed E-state index contributed by atoms with van der Waals surface area (Å²) in [5.41, 5.74) is 1.51. The van der Waals surface area contributed by atoms with Gasteiger partial charge in [0.1, 0.15) is 10.6 Å². The van der Waals surface area contributed by atoms with Crippen molar-refractivity contribution in [2.45, 2.75) is 40.2 Å². The summed E-state index contributed by atoms with van der Waals surface area (Å²) in [6, 6.07) is 9.72. The van der Waals surface area contributed by atoms with E-state index < -0.39 is 17.7 Å². The molecule has 2 aromatic rings. The first-order valence-electron chi connectivity index (χ1n) is 8.09. The van der Waals surface area contributed by atoms with Gasteiger partial charge in [0, 0.05) is 4.88 Å². The number of nitrogens with one attached hydrogen (secondary N) is 1. The van der Waals surface area contributed by atoms with E-state index >= 15 is 0 Å². The molecule has 134 valence electrons. The van der Waals surface area contributed by atoms with Crippen molar-refractivity contribution in [3.63, 3.8) is 0 Å². The highest BCUT2D eigenvalue weighted by molar-refractivity contribution is 7.20. The molecule has 6 heteroatoms. The molecule has 5 nitrogen and oxygen atoms in total. The molecule has 0 saturated carbocycles. The normalized spacial score (nSPS) is 11.1. The molecule has 0 bridgehead atoms. The van der Waals surface area contributed by atoms with Crippen molar-refractivity contribution in [1.29, 1.82) is 0 Å². The van der Waals surface area contributed by atoms with Gasteiger partial charge in [-0.3, -0.25) is 5.32 Å². The quantitative estimate of drug-likeness (QED) is 0.756. The lowest BCUT2D eigenvalue weighted by atomic mass is 10.1. The van der Waals surface area contributed by atoms with Crippen molar-refractivity contribution in [2.75, 3.05) is 11.9 Å². The minimum Gasteiger partial charge on any atom is -0.462 e. The molecule has 1 heterocycles. The molecule has 2 rings (SSSR count). The fourth-order valence-corrected chi connectivity index (χ4v) is 3.50. The average molecular weight is 361 g/mol. The first kappa shape index (κ1) is 19.0. The van der Waals surface area contributed by atoms with Crippen LogP contribution in [0.25, 0.3) is 10.4 Å². The molecule has 1 N–H and O–H groups in total. The van der Waals surface area contributed by atoms with Crippen molar-refractivity contribution < 1.29 is 19.1 Å². The standard InChI is InChI=1S/C19H23NO4S/c1-6-23-17(21)14-12(2)15(13-10-8-7-9-11-13)25-16(14)20-18(22)24-19(3,4)5/h7-11H,6H2,1-5H3,(H,20,22). The van der Waals surface area contributed by atoms with Crippen molar-refractivity contribution >= 4 is 28.4 Å². The van der Waals surface area contributed by atoms with Crippen molar-refractivity contribution in [3.8, 4) is 10.4 Å². The third-order valence-electron chi connectivity index (χ3n) is 3.28. The Hall–Kier alpha value is -2.34. The minimum atomic E-state index is -0.622. The lowest BCUT2D eigenvalue weighted by molar-refractivity contribution is 0.0527. The molecule has 0 fully saturated rings. The fourth-order valence-electron chi connectivity index (χ4n) is 2.31. The first-order chi connectivity index (χ1) is 11.7. The lowest BCUT2D eigenvalue weighted by Gasteiger charge is -2.19. The van der Waals surface area contributed by atoms with Crippen LogP contribution in [0.4, 0.5) is 9.80 Å². The summed E-state index contributed by atoms with van der Waals surface area (Å²) in [6.45, 7) is 9.22. The van der Waals surface area contributed by atoms with Crippen LogP contribution in [0.3, 0.4) is 0 Å². The summed E-state index contributed by atoms with van der Waals surface area (Å²) in [7, 11) is 0. The highest BCUT2D eigenvalue weighted by Crippen LogP contribution is 2.40. The zero-order chi connectivity index (χ0) is 18.6. The maximum absolute atomic E-state index is 12.4. The molecular weight excluding hydrogens is 338 g/mol. The maximum atomic E-state index is 12.4. The molecule has 0 spiro atoms. The van der Waals surface area contributed by atoms with E-state index in [1.54, 1.807) is 27.7 Å². The number of esters is 1. The van der Waals surface area contributed by atoms with Crippen molar-refractivity contribution in [1.82, 2.24) is 0 Å². The van der Waals surface area contributed by atoms with Crippen LogP contribution in [0.1, 0.15) is 43.6 Å². The first-order valence-corrected chi connectivity index (χ1v) is 8.90. The number of ether oxygens (including phenoxy) is 2. The third-order valence-corrected chi connectivity index (χ3v) is 4.53. The average Bonchev–Trinajstić information content (AvgIpc) is 2.82. The van der Waals surface area contributed by atoms with Crippen LogP contribution in [0.5, 0.6) is 0 Å². The van der Waals surface area contributed by atoms with Crippen LogP contribution >= 0.6 is 11.3 Å². The Morgan fingerprint density at radius 3 is 2.36 bits per heavy atom. The maximum Gasteiger partial charge on any atom is 0.412 e. The molecule has 1 amide bonds. The second-order valence-corrected chi connectivity index (χ2v) is 7.49.